The van der Waals surface area contributed by atoms with Crippen molar-refractivity contribution >= 4 is 17.5 Å². The van der Waals surface area contributed by atoms with Crippen LogP contribution in [0.2, 0.25) is 0 Å². The van der Waals surface area contributed by atoms with Gasteiger partial charge in [-0.1, -0.05) is 38.1 Å². The Hall–Kier alpha value is -3.06. The highest BCUT2D eigenvalue weighted by atomic mass is 16.5. The predicted octanol–water partition coefficient (Wildman–Crippen LogP) is 4.01. The van der Waals surface area contributed by atoms with Crippen LogP contribution in [0.5, 0.6) is 11.5 Å². The van der Waals surface area contributed by atoms with E-state index in [1.165, 1.54) is 0 Å². The molecule has 2 heterocycles. The van der Waals surface area contributed by atoms with Gasteiger partial charge in [0.2, 0.25) is 11.8 Å². The van der Waals surface area contributed by atoms with Gasteiger partial charge in [0.15, 0.2) is 11.5 Å². The summed E-state index contributed by atoms with van der Waals surface area (Å²) in [4.78, 5) is 27.6. The van der Waals surface area contributed by atoms with E-state index in [0.717, 1.165) is 55.1 Å². The van der Waals surface area contributed by atoms with E-state index >= 15 is 0 Å². The Labute approximate surface area is 201 Å². The molecular weight excluding hydrogens is 430 g/mol. The summed E-state index contributed by atoms with van der Waals surface area (Å²) in [5, 5.41) is 6.21. The lowest BCUT2D eigenvalue weighted by Gasteiger charge is -2.31. The normalized spacial score (nSPS) is 17.6. The van der Waals surface area contributed by atoms with E-state index in [2.05, 4.69) is 29.4 Å². The molecule has 0 unspecified atom stereocenters. The number of hydrogen-bond acceptors (Lipinski definition) is 5. The van der Waals surface area contributed by atoms with E-state index in [-0.39, 0.29) is 29.7 Å². The smallest absolute Gasteiger partial charge is 0.234 e. The Kier molecular flexibility index (Phi) is 8.06. The zero-order valence-corrected chi connectivity index (χ0v) is 20.1. The van der Waals surface area contributed by atoms with E-state index in [1.54, 1.807) is 0 Å². The highest BCUT2D eigenvalue weighted by Crippen LogP contribution is 2.34. The minimum atomic E-state index is -0.112. The molecule has 1 fully saturated rings. The van der Waals surface area contributed by atoms with Crippen LogP contribution in [-0.2, 0) is 9.59 Å². The zero-order valence-electron chi connectivity index (χ0n) is 20.1. The van der Waals surface area contributed by atoms with Crippen molar-refractivity contribution < 1.29 is 19.1 Å². The number of ether oxygens (including phenoxy) is 2. The number of carbonyl (C=O) groups excluding carboxylic acids is 2. The molecular formula is C27H35N3O4. The third kappa shape index (κ3) is 6.29. The van der Waals surface area contributed by atoms with Crippen LogP contribution in [0.15, 0.2) is 48.5 Å². The molecule has 2 amide bonds. The van der Waals surface area contributed by atoms with Gasteiger partial charge < -0.3 is 20.1 Å². The molecule has 7 nitrogen and oxygen atoms in total. The van der Waals surface area contributed by atoms with Gasteiger partial charge in [-0.2, -0.15) is 0 Å². The number of anilines is 1. The summed E-state index contributed by atoms with van der Waals surface area (Å²) in [6.45, 7) is 7.29. The van der Waals surface area contributed by atoms with E-state index in [0.29, 0.717) is 19.8 Å². The molecule has 2 aliphatic rings. The fourth-order valence-corrected chi connectivity index (χ4v) is 4.55. The van der Waals surface area contributed by atoms with Crippen LogP contribution in [0.3, 0.4) is 0 Å². The first kappa shape index (κ1) is 24.1. The fourth-order valence-electron chi connectivity index (χ4n) is 4.55. The van der Waals surface area contributed by atoms with Crippen LogP contribution in [0.25, 0.3) is 0 Å². The number of hydrogen-bond donors (Lipinski definition) is 2. The Balaban J connectivity index is 1.29. The molecule has 0 saturated carbocycles. The summed E-state index contributed by atoms with van der Waals surface area (Å²) in [5.74, 6) is 1.76. The van der Waals surface area contributed by atoms with Gasteiger partial charge in [-0.05, 0) is 61.7 Å². The van der Waals surface area contributed by atoms with Gasteiger partial charge >= 0.3 is 0 Å². The lowest BCUT2D eigenvalue weighted by molar-refractivity contribution is -0.124. The molecule has 0 spiro atoms. The third-order valence-electron chi connectivity index (χ3n) is 6.48. The van der Waals surface area contributed by atoms with Gasteiger partial charge in [-0.3, -0.25) is 14.5 Å². The van der Waals surface area contributed by atoms with Crippen molar-refractivity contribution in [2.75, 3.05) is 38.2 Å². The van der Waals surface area contributed by atoms with E-state index in [1.807, 2.05) is 48.5 Å². The van der Waals surface area contributed by atoms with Crippen LogP contribution in [0.4, 0.5) is 5.69 Å². The molecule has 0 aliphatic carbocycles. The third-order valence-corrected chi connectivity index (χ3v) is 6.48. The number of nitrogens with zero attached hydrogens (tertiary/aromatic N) is 1. The number of piperidine rings is 1. The second-order valence-corrected chi connectivity index (χ2v) is 9.45. The highest BCUT2D eigenvalue weighted by Gasteiger charge is 2.27. The van der Waals surface area contributed by atoms with E-state index in [9.17, 15) is 9.59 Å². The van der Waals surface area contributed by atoms with Gasteiger partial charge in [0.25, 0.3) is 0 Å². The van der Waals surface area contributed by atoms with Crippen molar-refractivity contribution in [3.05, 3.63) is 54.1 Å². The summed E-state index contributed by atoms with van der Waals surface area (Å²) < 4.78 is 11.6. The summed E-state index contributed by atoms with van der Waals surface area (Å²) in [5.41, 5.74) is 1.84. The van der Waals surface area contributed by atoms with Gasteiger partial charge in [0.1, 0.15) is 0 Å². The van der Waals surface area contributed by atoms with E-state index in [4.69, 9.17) is 9.47 Å². The summed E-state index contributed by atoms with van der Waals surface area (Å²) in [6, 6.07) is 15.4. The second-order valence-electron chi connectivity index (χ2n) is 9.45. The maximum absolute atomic E-state index is 12.9. The maximum atomic E-state index is 12.9. The standard InChI is InChI=1S/C27H35N3O4/c1-19(2)26(21-9-10-23-24(17-21)34-16-6-15-33-23)29-25(31)18-30-13-11-20(12-14-30)27(32)28-22-7-4-3-5-8-22/h3-5,7-10,17,19-20,26H,6,11-16,18H2,1-2H3,(H,28,32)(H,29,31)/t26-/m1/s1. The molecule has 4 rings (SSSR count). The number of amides is 2. The SMILES string of the molecule is CC(C)[C@@H](NC(=O)CN1CCC(C(=O)Nc2ccccc2)CC1)c1ccc2c(c1)OCCCO2. The average molecular weight is 466 g/mol. The lowest BCUT2D eigenvalue weighted by atomic mass is 9.95. The van der Waals surface area contributed by atoms with Crippen LogP contribution in [-0.4, -0.2) is 49.6 Å². The largest absolute Gasteiger partial charge is 0.490 e. The van der Waals surface area contributed by atoms with Crippen LogP contribution in [0.1, 0.15) is 44.7 Å². The van der Waals surface area contributed by atoms with E-state index < -0.39 is 0 Å². The number of para-hydroxylation sites is 1. The first-order valence-corrected chi connectivity index (χ1v) is 12.3. The number of fused-ring (bicyclic) bond motifs is 1. The molecule has 0 bridgehead atoms. The van der Waals surface area contributed by atoms with Crippen molar-refractivity contribution in [3.63, 3.8) is 0 Å². The van der Waals surface area contributed by atoms with Crippen LogP contribution >= 0.6 is 0 Å². The molecule has 182 valence electrons. The monoisotopic (exact) mass is 465 g/mol. The molecule has 2 aliphatic heterocycles. The van der Waals surface area contributed by atoms with Crippen molar-refractivity contribution in [2.45, 2.75) is 39.2 Å². The van der Waals surface area contributed by atoms with Gasteiger partial charge in [0, 0.05) is 18.0 Å². The number of carbonyl (C=O) groups is 2. The molecule has 7 heteroatoms. The Morgan fingerprint density at radius 1 is 1.00 bits per heavy atom. The molecule has 2 N–H and O–H groups in total. The van der Waals surface area contributed by atoms with Crippen LogP contribution in [0, 0.1) is 11.8 Å². The second kappa shape index (κ2) is 11.4. The highest BCUT2D eigenvalue weighted by molar-refractivity contribution is 5.92. The molecule has 1 atom stereocenters. The van der Waals surface area contributed by atoms with Crippen molar-refractivity contribution in [1.82, 2.24) is 10.2 Å². The topological polar surface area (TPSA) is 79.9 Å². The number of benzene rings is 2. The summed E-state index contributed by atoms with van der Waals surface area (Å²) >= 11 is 0. The molecule has 34 heavy (non-hydrogen) atoms. The van der Waals surface area contributed by atoms with Gasteiger partial charge in [-0.15, -0.1) is 0 Å². The van der Waals surface area contributed by atoms with Crippen molar-refractivity contribution in [2.24, 2.45) is 11.8 Å². The number of likely N-dealkylation sites (tertiary alicyclic amines) is 1. The predicted molar refractivity (Wildman–Crippen MR) is 132 cm³/mol. The number of nitrogens with one attached hydrogen (secondary N) is 2. The zero-order chi connectivity index (χ0) is 23.9. The molecule has 0 radical (unpaired) electrons. The lowest BCUT2D eigenvalue weighted by Crippen LogP contribution is -2.44. The van der Waals surface area contributed by atoms with Gasteiger partial charge in [-0.25, -0.2) is 0 Å². The van der Waals surface area contributed by atoms with Crippen molar-refractivity contribution in [3.8, 4) is 11.5 Å². The molecule has 2 aromatic carbocycles. The minimum absolute atomic E-state index is 0.00185. The van der Waals surface area contributed by atoms with Gasteiger partial charge in [0.05, 0.1) is 25.8 Å². The summed E-state index contributed by atoms with van der Waals surface area (Å²) in [6.07, 6.45) is 2.36. The van der Waals surface area contributed by atoms with Crippen LogP contribution < -0.4 is 20.1 Å². The Morgan fingerprint density at radius 3 is 2.41 bits per heavy atom. The fraction of sp³-hybridized carbons (Fsp3) is 0.481. The Bertz CT molecular complexity index is 971. The van der Waals surface area contributed by atoms with Crippen molar-refractivity contribution in [1.29, 1.82) is 0 Å². The Morgan fingerprint density at radius 2 is 1.71 bits per heavy atom. The quantitative estimate of drug-likeness (QED) is 0.646. The first-order valence-electron chi connectivity index (χ1n) is 12.3. The average Bonchev–Trinajstić information content (AvgIpc) is 3.08. The molecule has 1 saturated heterocycles. The first-order chi connectivity index (χ1) is 16.5. The number of rotatable bonds is 7. The molecule has 2 aromatic rings. The minimum Gasteiger partial charge on any atom is -0.490 e. The summed E-state index contributed by atoms with van der Waals surface area (Å²) in [7, 11) is 0. The maximum Gasteiger partial charge on any atom is 0.234 e. The molecule has 0 aromatic heterocycles.